The highest BCUT2D eigenvalue weighted by Gasteiger charge is 2.49. The van der Waals surface area contributed by atoms with Gasteiger partial charge in [-0.15, -0.1) is 0 Å². The lowest BCUT2D eigenvalue weighted by Gasteiger charge is -2.41. The van der Waals surface area contributed by atoms with Crippen molar-refractivity contribution in [1.29, 1.82) is 0 Å². The summed E-state index contributed by atoms with van der Waals surface area (Å²) in [5, 5.41) is 0. The van der Waals surface area contributed by atoms with Crippen LogP contribution in [0, 0.1) is 0 Å². The van der Waals surface area contributed by atoms with Crippen LogP contribution < -0.4 is 5.73 Å². The fraction of sp³-hybridized carbons (Fsp3) is 0.800. The van der Waals surface area contributed by atoms with Crippen LogP contribution in [0.25, 0.3) is 0 Å². The zero-order valence-corrected chi connectivity index (χ0v) is 7.28. The number of nitrogens with two attached hydrogens (primary N) is 1. The molecule has 3 N–H and O–H groups in total. The van der Waals surface area contributed by atoms with Gasteiger partial charge >= 0.3 is 10.3 Å². The number of carbonyl (C=O) groups excluding carboxylic acids is 1. The molecule has 0 aromatic heterocycles. The fourth-order valence-corrected chi connectivity index (χ4v) is 2.21. The van der Waals surface area contributed by atoms with E-state index in [1.54, 1.807) is 6.92 Å². The third-order valence-electron chi connectivity index (χ3n) is 1.88. The Labute approximate surface area is 70.2 Å². The summed E-state index contributed by atoms with van der Waals surface area (Å²) in [6.45, 7) is 1.69. The number of rotatable bonds is 2. The number of hydrogen-bond donors (Lipinski definition) is 2. The van der Waals surface area contributed by atoms with Crippen molar-refractivity contribution in [3.63, 3.8) is 0 Å². The molecule has 0 saturated carbocycles. The number of β-lactam (4-membered cyclic amide) rings is 1. The van der Waals surface area contributed by atoms with Crippen molar-refractivity contribution in [1.82, 2.24) is 4.31 Å². The number of carbonyl (C=O) groups is 1. The summed E-state index contributed by atoms with van der Waals surface area (Å²) >= 11 is 0. The first-order valence-electron chi connectivity index (χ1n) is 3.46. The molecule has 6 nitrogen and oxygen atoms in total. The number of nitrogens with zero attached hydrogens (tertiary/aromatic N) is 1. The predicted molar refractivity (Wildman–Crippen MR) is 40.4 cm³/mol. The smallest absolute Gasteiger partial charge is 0.318 e. The third-order valence-corrected chi connectivity index (χ3v) is 2.83. The molecule has 0 aliphatic carbocycles. The standard InChI is InChI=1S/C5H10N2O4S/c1-2-3-4(6)5(8)7(3)12(9,10)11/h3-4H,2,6H2,1H3,(H,9,10,11). The maximum atomic E-state index is 10.8. The van der Waals surface area contributed by atoms with Crippen LogP contribution in [0.1, 0.15) is 13.3 Å². The Balaban J connectivity index is 2.88. The Bertz CT molecular complexity index is 299. The van der Waals surface area contributed by atoms with E-state index in [1.165, 1.54) is 0 Å². The highest BCUT2D eigenvalue weighted by Crippen LogP contribution is 2.23. The van der Waals surface area contributed by atoms with Gasteiger partial charge in [0.05, 0.1) is 6.04 Å². The van der Waals surface area contributed by atoms with Crippen LogP contribution in [0.4, 0.5) is 0 Å². The zero-order valence-electron chi connectivity index (χ0n) is 6.47. The largest absolute Gasteiger partial charge is 0.362 e. The molecule has 1 rings (SSSR count). The average molecular weight is 194 g/mol. The Hall–Kier alpha value is -0.660. The quantitative estimate of drug-likeness (QED) is 0.422. The molecule has 0 aromatic rings. The maximum Gasteiger partial charge on any atom is 0.362 e. The summed E-state index contributed by atoms with van der Waals surface area (Å²) in [6.07, 6.45) is 0.409. The van der Waals surface area contributed by atoms with Crippen LogP contribution in [-0.4, -0.2) is 35.3 Å². The first kappa shape index (κ1) is 9.43. The van der Waals surface area contributed by atoms with Crippen LogP contribution >= 0.6 is 0 Å². The van der Waals surface area contributed by atoms with Gasteiger partial charge in [0.25, 0.3) is 5.91 Å². The van der Waals surface area contributed by atoms with Gasteiger partial charge in [0.1, 0.15) is 6.04 Å². The Kier molecular flexibility index (Phi) is 2.11. The first-order valence-corrected chi connectivity index (χ1v) is 4.85. The van der Waals surface area contributed by atoms with E-state index in [-0.39, 0.29) is 0 Å². The normalized spacial score (nSPS) is 30.2. The average Bonchev–Trinajstić information content (AvgIpc) is 1.95. The number of hydrogen-bond acceptors (Lipinski definition) is 4. The molecule has 1 amide bonds. The van der Waals surface area contributed by atoms with Gasteiger partial charge in [-0.3, -0.25) is 9.35 Å². The van der Waals surface area contributed by atoms with Gasteiger partial charge < -0.3 is 5.73 Å². The summed E-state index contributed by atoms with van der Waals surface area (Å²) in [5.74, 6) is -0.746. The van der Waals surface area contributed by atoms with E-state index in [4.69, 9.17) is 10.3 Å². The first-order chi connectivity index (χ1) is 5.39. The summed E-state index contributed by atoms with van der Waals surface area (Å²) < 4.78 is 30.1. The van der Waals surface area contributed by atoms with Crippen LogP contribution in [-0.2, 0) is 15.1 Å². The lowest BCUT2D eigenvalue weighted by Crippen LogP contribution is -2.69. The molecule has 0 bridgehead atoms. The highest BCUT2D eigenvalue weighted by molar-refractivity contribution is 7.84. The van der Waals surface area contributed by atoms with Crippen molar-refractivity contribution in [3.8, 4) is 0 Å². The second-order valence-electron chi connectivity index (χ2n) is 2.61. The Morgan fingerprint density at radius 2 is 2.17 bits per heavy atom. The predicted octanol–water partition coefficient (Wildman–Crippen LogP) is -1.26. The lowest BCUT2D eigenvalue weighted by atomic mass is 9.98. The minimum Gasteiger partial charge on any atom is -0.318 e. The van der Waals surface area contributed by atoms with Gasteiger partial charge in [-0.1, -0.05) is 6.92 Å². The molecule has 0 radical (unpaired) electrons. The van der Waals surface area contributed by atoms with Gasteiger partial charge in [-0.25, -0.2) is 4.31 Å². The third kappa shape index (κ3) is 1.19. The van der Waals surface area contributed by atoms with Crippen molar-refractivity contribution < 1.29 is 17.8 Å². The number of amides is 1. The molecule has 2 unspecified atom stereocenters. The van der Waals surface area contributed by atoms with E-state index in [9.17, 15) is 13.2 Å². The second kappa shape index (κ2) is 2.68. The van der Waals surface area contributed by atoms with Gasteiger partial charge in [0.2, 0.25) is 0 Å². The van der Waals surface area contributed by atoms with Gasteiger partial charge in [-0.2, -0.15) is 8.42 Å². The van der Waals surface area contributed by atoms with Gasteiger partial charge in [0, 0.05) is 0 Å². The van der Waals surface area contributed by atoms with Crippen LogP contribution in [0.15, 0.2) is 0 Å². The van der Waals surface area contributed by atoms with Crippen molar-refractivity contribution in [3.05, 3.63) is 0 Å². The monoisotopic (exact) mass is 194 g/mol. The topological polar surface area (TPSA) is 101 Å². The summed E-state index contributed by atoms with van der Waals surface area (Å²) in [4.78, 5) is 10.8. The van der Waals surface area contributed by atoms with Gasteiger partial charge in [-0.05, 0) is 6.42 Å². The van der Waals surface area contributed by atoms with E-state index in [0.717, 1.165) is 0 Å². The van der Waals surface area contributed by atoms with Crippen molar-refractivity contribution in [2.45, 2.75) is 25.4 Å². The SMILES string of the molecule is CCC1C(N)C(=O)N1S(=O)(=O)O. The lowest BCUT2D eigenvalue weighted by molar-refractivity contribution is -0.140. The summed E-state index contributed by atoms with van der Waals surface area (Å²) in [7, 11) is -4.41. The van der Waals surface area contributed by atoms with Crippen LogP contribution in [0.5, 0.6) is 0 Å². The zero-order chi connectivity index (χ0) is 9.52. The minimum absolute atomic E-state index is 0.409. The van der Waals surface area contributed by atoms with Gasteiger partial charge in [0.15, 0.2) is 0 Å². The van der Waals surface area contributed by atoms with Crippen molar-refractivity contribution in [2.24, 2.45) is 5.73 Å². The van der Waals surface area contributed by atoms with E-state index < -0.39 is 28.3 Å². The highest BCUT2D eigenvalue weighted by atomic mass is 32.2. The molecule has 0 aromatic carbocycles. The van der Waals surface area contributed by atoms with E-state index in [1.807, 2.05) is 0 Å². The second-order valence-corrected chi connectivity index (χ2v) is 3.90. The van der Waals surface area contributed by atoms with Crippen LogP contribution in [0.3, 0.4) is 0 Å². The minimum atomic E-state index is -4.41. The molecule has 70 valence electrons. The van der Waals surface area contributed by atoms with E-state index in [2.05, 4.69) is 0 Å². The fourth-order valence-electron chi connectivity index (χ4n) is 1.24. The molecule has 0 spiro atoms. The summed E-state index contributed by atoms with van der Waals surface area (Å²) in [6, 6.07) is -1.38. The van der Waals surface area contributed by atoms with Crippen molar-refractivity contribution >= 4 is 16.2 Å². The molecule has 7 heteroatoms. The maximum absolute atomic E-state index is 10.8. The van der Waals surface area contributed by atoms with E-state index in [0.29, 0.717) is 10.7 Å². The molecule has 1 fully saturated rings. The molecule has 1 heterocycles. The molecule has 1 saturated heterocycles. The summed E-state index contributed by atoms with van der Waals surface area (Å²) in [5.41, 5.74) is 5.30. The Morgan fingerprint density at radius 1 is 1.67 bits per heavy atom. The molecule has 12 heavy (non-hydrogen) atoms. The molecule has 1 aliphatic heterocycles. The Morgan fingerprint density at radius 3 is 2.42 bits per heavy atom. The molecule has 1 aliphatic rings. The molecular formula is C5H10N2O4S. The molecule has 2 atom stereocenters. The van der Waals surface area contributed by atoms with Crippen LogP contribution in [0.2, 0.25) is 0 Å². The molecular weight excluding hydrogens is 184 g/mol. The van der Waals surface area contributed by atoms with Crippen molar-refractivity contribution in [2.75, 3.05) is 0 Å². The van der Waals surface area contributed by atoms with E-state index >= 15 is 0 Å².